The van der Waals surface area contributed by atoms with Crippen molar-refractivity contribution in [1.82, 2.24) is 10.3 Å². The molecule has 1 aromatic heterocycles. The molecule has 4 rings (SSSR count). The van der Waals surface area contributed by atoms with Crippen LogP contribution in [0.4, 0.5) is 17.6 Å². The van der Waals surface area contributed by atoms with Gasteiger partial charge >= 0.3 is 6.18 Å². The number of aromatic nitrogens is 1. The summed E-state index contributed by atoms with van der Waals surface area (Å²) in [6, 6.07) is 9.22. The number of nitrogens with one attached hydrogen (secondary N) is 1. The largest absolute Gasteiger partial charge is 0.496 e. The van der Waals surface area contributed by atoms with Gasteiger partial charge < -0.3 is 14.8 Å². The van der Waals surface area contributed by atoms with Gasteiger partial charge in [-0.05, 0) is 54.4 Å². The van der Waals surface area contributed by atoms with Gasteiger partial charge in [-0.3, -0.25) is 9.78 Å². The fraction of sp³-hybridized carbons (Fsp3) is 0.280. The van der Waals surface area contributed by atoms with E-state index in [0.29, 0.717) is 46.2 Å². The Labute approximate surface area is 203 Å². The number of hydrogen-bond acceptors (Lipinski definition) is 5. The Morgan fingerprint density at radius 1 is 1.17 bits per heavy atom. The molecule has 0 radical (unpaired) electrons. The highest BCUT2D eigenvalue weighted by Gasteiger charge is 2.32. The summed E-state index contributed by atoms with van der Waals surface area (Å²) in [5.41, 5.74) is 1.58. The molecule has 0 unspecified atom stereocenters. The normalized spacial score (nSPS) is 13.9. The molecule has 3 aromatic rings. The summed E-state index contributed by atoms with van der Waals surface area (Å²) >= 11 is 1.25. The number of halogens is 4. The molecular formula is C25H22F4N2O3S. The Kier molecular flexibility index (Phi) is 7.32. The second kappa shape index (κ2) is 10.2. The average molecular weight is 507 g/mol. The minimum absolute atomic E-state index is 0.00281. The number of carbonyl (C=O) groups excluding carboxylic acids is 1. The van der Waals surface area contributed by atoms with Gasteiger partial charge in [0.25, 0.3) is 5.91 Å². The minimum atomic E-state index is -4.59. The van der Waals surface area contributed by atoms with Crippen LogP contribution >= 0.6 is 11.8 Å². The van der Waals surface area contributed by atoms with Crippen LogP contribution in [-0.2, 0) is 17.5 Å². The third-order valence-electron chi connectivity index (χ3n) is 5.42. The lowest BCUT2D eigenvalue weighted by Crippen LogP contribution is -2.30. The second-order valence-corrected chi connectivity index (χ2v) is 9.41. The van der Waals surface area contributed by atoms with E-state index in [2.05, 4.69) is 10.3 Å². The monoisotopic (exact) mass is 506 g/mol. The molecule has 0 saturated carbocycles. The van der Waals surface area contributed by atoms with Crippen molar-refractivity contribution in [3.63, 3.8) is 0 Å². The van der Waals surface area contributed by atoms with Gasteiger partial charge in [-0.2, -0.15) is 13.2 Å². The average Bonchev–Trinajstić information content (AvgIpc) is 2.79. The maximum Gasteiger partial charge on any atom is 0.416 e. The summed E-state index contributed by atoms with van der Waals surface area (Å²) in [5, 5.41) is 2.74. The molecule has 5 nitrogen and oxygen atoms in total. The number of rotatable bonds is 7. The van der Waals surface area contributed by atoms with Crippen LogP contribution < -0.4 is 10.1 Å². The molecule has 1 N–H and O–H groups in total. The van der Waals surface area contributed by atoms with Gasteiger partial charge in [0.2, 0.25) is 0 Å². The van der Waals surface area contributed by atoms with Crippen molar-refractivity contribution in [3.8, 4) is 16.9 Å². The Bertz CT molecular complexity index is 1250. The highest BCUT2D eigenvalue weighted by Crippen LogP contribution is 2.36. The number of ether oxygens (including phenoxy) is 2. The van der Waals surface area contributed by atoms with Crippen LogP contribution in [0.15, 0.2) is 53.6 Å². The summed E-state index contributed by atoms with van der Waals surface area (Å²) in [7, 11) is 1.42. The van der Waals surface area contributed by atoms with Crippen LogP contribution in [0.1, 0.15) is 27.2 Å². The Balaban J connectivity index is 1.60. The van der Waals surface area contributed by atoms with E-state index in [4.69, 9.17) is 9.47 Å². The third-order valence-corrected chi connectivity index (χ3v) is 6.54. The predicted molar refractivity (Wildman–Crippen MR) is 124 cm³/mol. The van der Waals surface area contributed by atoms with Gasteiger partial charge in [0, 0.05) is 40.5 Å². The molecule has 1 saturated heterocycles. The van der Waals surface area contributed by atoms with Crippen molar-refractivity contribution in [2.24, 2.45) is 0 Å². The maximum absolute atomic E-state index is 13.7. The molecule has 0 aliphatic carbocycles. The first-order valence-electron chi connectivity index (χ1n) is 10.7. The first kappa shape index (κ1) is 25.0. The van der Waals surface area contributed by atoms with Crippen LogP contribution in [0.25, 0.3) is 11.1 Å². The van der Waals surface area contributed by atoms with E-state index in [-0.39, 0.29) is 17.4 Å². The minimum Gasteiger partial charge on any atom is -0.496 e. The quantitative estimate of drug-likeness (QED) is 0.420. The molecule has 2 aromatic carbocycles. The summed E-state index contributed by atoms with van der Waals surface area (Å²) in [6.45, 7) is 2.70. The SMILES string of the molecule is COc1cc(F)ccc1-c1cc(C)ncc1CNC(=O)c1cc(SC2COC2)cc(C(F)(F)F)c1. The molecule has 0 spiro atoms. The van der Waals surface area contributed by atoms with Gasteiger partial charge in [-0.15, -0.1) is 11.8 Å². The standard InChI is InChI=1S/C25H22F4N2O3S/c1-14-5-22(21-4-3-18(26)9-23(21)33-2)16(10-30-14)11-31-24(32)15-6-17(25(27,28)29)8-19(7-15)35-20-12-34-13-20/h3-10,20H,11-13H2,1-2H3,(H,31,32). The lowest BCUT2D eigenvalue weighted by molar-refractivity contribution is -0.137. The number of carbonyl (C=O) groups is 1. The molecule has 184 valence electrons. The zero-order valence-corrected chi connectivity index (χ0v) is 19.7. The summed E-state index contributed by atoms with van der Waals surface area (Å²) in [5.74, 6) is -0.805. The molecule has 1 amide bonds. The fourth-order valence-corrected chi connectivity index (χ4v) is 4.68. The Morgan fingerprint density at radius 3 is 2.60 bits per heavy atom. The van der Waals surface area contributed by atoms with Gasteiger partial charge in [0.1, 0.15) is 11.6 Å². The number of amides is 1. The zero-order chi connectivity index (χ0) is 25.2. The van der Waals surface area contributed by atoms with E-state index in [0.717, 1.165) is 12.1 Å². The van der Waals surface area contributed by atoms with E-state index < -0.39 is 23.5 Å². The third kappa shape index (κ3) is 5.94. The van der Waals surface area contributed by atoms with Crippen LogP contribution in [0.2, 0.25) is 0 Å². The molecule has 1 fully saturated rings. The van der Waals surface area contributed by atoms with Gasteiger partial charge in [0.15, 0.2) is 0 Å². The lowest BCUT2D eigenvalue weighted by Gasteiger charge is -2.25. The van der Waals surface area contributed by atoms with Crippen LogP contribution in [0.3, 0.4) is 0 Å². The smallest absolute Gasteiger partial charge is 0.416 e. The van der Waals surface area contributed by atoms with Crippen LogP contribution in [0, 0.1) is 12.7 Å². The molecule has 10 heteroatoms. The van der Waals surface area contributed by atoms with Gasteiger partial charge in [-0.25, -0.2) is 4.39 Å². The number of hydrogen-bond donors (Lipinski definition) is 1. The molecule has 0 bridgehead atoms. The van der Waals surface area contributed by atoms with E-state index in [1.165, 1.54) is 37.1 Å². The highest BCUT2D eigenvalue weighted by molar-refractivity contribution is 8.00. The predicted octanol–water partition coefficient (Wildman–Crippen LogP) is 5.64. The van der Waals surface area contributed by atoms with Crippen LogP contribution in [0.5, 0.6) is 5.75 Å². The van der Waals surface area contributed by atoms with Crippen molar-refractivity contribution in [2.45, 2.75) is 29.8 Å². The highest BCUT2D eigenvalue weighted by atomic mass is 32.2. The molecule has 1 aliphatic heterocycles. The van der Waals surface area contributed by atoms with Crippen molar-refractivity contribution in [3.05, 3.63) is 76.9 Å². The van der Waals surface area contributed by atoms with Gasteiger partial charge in [0.05, 0.1) is 31.1 Å². The van der Waals surface area contributed by atoms with Crippen molar-refractivity contribution in [2.75, 3.05) is 20.3 Å². The number of nitrogens with zero attached hydrogens (tertiary/aromatic N) is 1. The number of methoxy groups -OCH3 is 1. The summed E-state index contributed by atoms with van der Waals surface area (Å²) in [6.07, 6.45) is -3.02. The summed E-state index contributed by atoms with van der Waals surface area (Å²) in [4.78, 5) is 17.5. The summed E-state index contributed by atoms with van der Waals surface area (Å²) < 4.78 is 64.5. The Hall–Kier alpha value is -3.11. The maximum atomic E-state index is 13.7. The number of pyridine rings is 1. The van der Waals surface area contributed by atoms with Crippen LogP contribution in [-0.4, -0.2) is 36.5 Å². The van der Waals surface area contributed by atoms with Crippen molar-refractivity contribution < 1.29 is 31.8 Å². The molecular weight excluding hydrogens is 484 g/mol. The zero-order valence-electron chi connectivity index (χ0n) is 18.9. The number of aryl methyl sites for hydroxylation is 1. The number of alkyl halides is 3. The Morgan fingerprint density at radius 2 is 1.94 bits per heavy atom. The first-order valence-corrected chi connectivity index (χ1v) is 11.6. The fourth-order valence-electron chi connectivity index (χ4n) is 3.58. The number of benzene rings is 2. The van der Waals surface area contributed by atoms with E-state index in [1.54, 1.807) is 25.3 Å². The molecule has 2 heterocycles. The molecule has 1 aliphatic rings. The molecule has 35 heavy (non-hydrogen) atoms. The number of thioether (sulfide) groups is 1. The first-order chi connectivity index (χ1) is 16.6. The lowest BCUT2D eigenvalue weighted by atomic mass is 9.99. The van der Waals surface area contributed by atoms with Gasteiger partial charge in [-0.1, -0.05) is 0 Å². The topological polar surface area (TPSA) is 60.5 Å². The van der Waals surface area contributed by atoms with E-state index in [1.807, 2.05) is 0 Å². The van der Waals surface area contributed by atoms with Crippen molar-refractivity contribution in [1.29, 1.82) is 0 Å². The van der Waals surface area contributed by atoms with E-state index >= 15 is 0 Å². The van der Waals surface area contributed by atoms with Crippen molar-refractivity contribution >= 4 is 17.7 Å². The molecule has 0 atom stereocenters. The van der Waals surface area contributed by atoms with E-state index in [9.17, 15) is 22.4 Å². The second-order valence-electron chi connectivity index (χ2n) is 8.03.